The zero-order valence-electron chi connectivity index (χ0n) is 15.9. The number of hydrogen-bond acceptors (Lipinski definition) is 4. The van der Waals surface area contributed by atoms with Gasteiger partial charge in [0, 0.05) is 30.8 Å². The average molecular weight is 360 g/mol. The van der Waals surface area contributed by atoms with Crippen LogP contribution in [-0.4, -0.2) is 15.9 Å². The summed E-state index contributed by atoms with van der Waals surface area (Å²) in [6.45, 7) is 7.01. The number of pyridine rings is 2. The zero-order chi connectivity index (χ0) is 19.3. The van der Waals surface area contributed by atoms with Crippen LogP contribution in [0.15, 0.2) is 67.1 Å². The third-order valence-corrected chi connectivity index (χ3v) is 4.21. The molecule has 0 spiro atoms. The van der Waals surface area contributed by atoms with Crippen molar-refractivity contribution in [1.29, 1.82) is 0 Å². The van der Waals surface area contributed by atoms with Crippen LogP contribution < -0.4 is 10.6 Å². The molecule has 2 N–H and O–H groups in total. The lowest BCUT2D eigenvalue weighted by molar-refractivity contribution is 0.102. The molecule has 0 fully saturated rings. The summed E-state index contributed by atoms with van der Waals surface area (Å²) in [4.78, 5) is 21.0. The Kier molecular flexibility index (Phi) is 5.50. The maximum Gasteiger partial charge on any atom is 0.257 e. The highest BCUT2D eigenvalue weighted by molar-refractivity contribution is 6.04. The summed E-state index contributed by atoms with van der Waals surface area (Å²) >= 11 is 0. The monoisotopic (exact) mass is 360 g/mol. The van der Waals surface area contributed by atoms with Gasteiger partial charge in [0.25, 0.3) is 5.91 Å². The number of aromatic nitrogens is 2. The molecule has 5 nitrogen and oxygen atoms in total. The van der Waals surface area contributed by atoms with Crippen molar-refractivity contribution in [3.8, 4) is 0 Å². The Morgan fingerprint density at radius 1 is 1.00 bits per heavy atom. The summed E-state index contributed by atoms with van der Waals surface area (Å²) in [6, 6.07) is 15.3. The summed E-state index contributed by atoms with van der Waals surface area (Å²) in [5, 5.41) is 6.23. The molecule has 0 saturated carbocycles. The summed E-state index contributed by atoms with van der Waals surface area (Å²) in [5.41, 5.74) is 3.46. The average Bonchev–Trinajstić information content (AvgIpc) is 2.67. The molecule has 5 heteroatoms. The van der Waals surface area contributed by atoms with Gasteiger partial charge in [-0.1, -0.05) is 45.0 Å². The molecule has 138 valence electrons. The van der Waals surface area contributed by atoms with Gasteiger partial charge in [0.15, 0.2) is 0 Å². The molecule has 2 heterocycles. The molecule has 27 heavy (non-hydrogen) atoms. The number of anilines is 2. The van der Waals surface area contributed by atoms with Gasteiger partial charge in [-0.25, -0.2) is 4.98 Å². The first-order valence-corrected chi connectivity index (χ1v) is 8.93. The highest BCUT2D eigenvalue weighted by Gasteiger charge is 2.19. The molecule has 0 unspecified atom stereocenters. The number of amides is 1. The fourth-order valence-electron chi connectivity index (χ4n) is 2.77. The lowest BCUT2D eigenvalue weighted by Gasteiger charge is -2.23. The van der Waals surface area contributed by atoms with Gasteiger partial charge in [-0.15, -0.1) is 0 Å². The van der Waals surface area contributed by atoms with Gasteiger partial charge in [0.1, 0.15) is 5.82 Å². The Labute approximate surface area is 159 Å². The van der Waals surface area contributed by atoms with E-state index in [2.05, 4.69) is 41.4 Å². The second-order valence-electron chi connectivity index (χ2n) is 7.40. The quantitative estimate of drug-likeness (QED) is 0.696. The van der Waals surface area contributed by atoms with Crippen LogP contribution in [0.4, 0.5) is 11.5 Å². The third kappa shape index (κ3) is 4.91. The lowest BCUT2D eigenvalue weighted by Crippen LogP contribution is -2.18. The Balaban J connectivity index is 1.66. The van der Waals surface area contributed by atoms with Gasteiger partial charge >= 0.3 is 0 Å². The zero-order valence-corrected chi connectivity index (χ0v) is 15.9. The van der Waals surface area contributed by atoms with Crippen LogP contribution in [0, 0.1) is 0 Å². The highest BCUT2D eigenvalue weighted by atomic mass is 16.1. The first-order valence-electron chi connectivity index (χ1n) is 8.93. The fraction of sp³-hybridized carbons (Fsp3) is 0.227. The van der Waals surface area contributed by atoms with Crippen LogP contribution >= 0.6 is 0 Å². The number of hydrogen-bond donors (Lipinski definition) is 2. The van der Waals surface area contributed by atoms with Gasteiger partial charge in [0.2, 0.25) is 0 Å². The normalized spacial score (nSPS) is 11.1. The molecule has 0 bridgehead atoms. The fourth-order valence-corrected chi connectivity index (χ4v) is 2.77. The van der Waals surface area contributed by atoms with Crippen molar-refractivity contribution in [3.63, 3.8) is 0 Å². The lowest BCUT2D eigenvalue weighted by atomic mass is 9.86. The summed E-state index contributed by atoms with van der Waals surface area (Å²) < 4.78 is 0. The van der Waals surface area contributed by atoms with Gasteiger partial charge in [-0.05, 0) is 40.8 Å². The molecule has 2 aromatic heterocycles. The van der Waals surface area contributed by atoms with Gasteiger partial charge in [0.05, 0.1) is 5.56 Å². The number of nitrogens with zero attached hydrogens (tertiary/aromatic N) is 2. The predicted molar refractivity (Wildman–Crippen MR) is 109 cm³/mol. The second-order valence-corrected chi connectivity index (χ2v) is 7.40. The van der Waals surface area contributed by atoms with E-state index in [1.165, 1.54) is 0 Å². The second kappa shape index (κ2) is 7.99. The Bertz CT molecular complexity index is 900. The van der Waals surface area contributed by atoms with Crippen LogP contribution in [0.25, 0.3) is 0 Å². The standard InChI is InChI=1S/C22H24N4O/c1-22(2,3)18-8-4-5-9-19(18)26-21(27)17-10-11-20(25-15-17)24-14-16-7-6-12-23-13-16/h4-13,15H,14H2,1-3H3,(H,24,25)(H,26,27). The number of carbonyl (C=O) groups excluding carboxylic acids is 1. The van der Waals surface area contributed by atoms with Crippen LogP contribution in [0.1, 0.15) is 42.3 Å². The van der Waals surface area contributed by atoms with Crippen molar-refractivity contribution >= 4 is 17.4 Å². The van der Waals surface area contributed by atoms with E-state index in [-0.39, 0.29) is 11.3 Å². The molecule has 1 aromatic carbocycles. The molecule has 3 rings (SSSR count). The first-order chi connectivity index (χ1) is 12.9. The van der Waals surface area contributed by atoms with Crippen LogP contribution in [-0.2, 0) is 12.0 Å². The summed E-state index contributed by atoms with van der Waals surface area (Å²) in [7, 11) is 0. The van der Waals surface area contributed by atoms with E-state index >= 15 is 0 Å². The van der Waals surface area contributed by atoms with Crippen molar-refractivity contribution in [2.45, 2.75) is 32.7 Å². The van der Waals surface area contributed by atoms with E-state index < -0.39 is 0 Å². The molecule has 0 saturated heterocycles. The van der Waals surface area contributed by atoms with Crippen LogP contribution in [0.2, 0.25) is 0 Å². The summed E-state index contributed by atoms with van der Waals surface area (Å²) in [5.74, 6) is 0.545. The van der Waals surface area contributed by atoms with E-state index in [0.717, 1.165) is 16.8 Å². The number of benzene rings is 1. The molecule has 0 radical (unpaired) electrons. The maximum absolute atomic E-state index is 12.6. The van der Waals surface area contributed by atoms with E-state index in [1.807, 2.05) is 42.6 Å². The molecule has 1 amide bonds. The minimum absolute atomic E-state index is 0.0534. The molecular weight excluding hydrogens is 336 g/mol. The van der Waals surface area contributed by atoms with Crippen molar-refractivity contribution in [2.75, 3.05) is 10.6 Å². The Morgan fingerprint density at radius 2 is 1.81 bits per heavy atom. The molecule has 0 atom stereocenters. The topological polar surface area (TPSA) is 66.9 Å². The predicted octanol–water partition coefficient (Wildman–Crippen LogP) is 4.64. The van der Waals surface area contributed by atoms with Gasteiger partial charge < -0.3 is 10.6 Å². The summed E-state index contributed by atoms with van der Waals surface area (Å²) in [6.07, 6.45) is 5.13. The first kappa shape index (κ1) is 18.6. The molecule has 0 aliphatic carbocycles. The molecular formula is C22H24N4O. The smallest absolute Gasteiger partial charge is 0.257 e. The van der Waals surface area contributed by atoms with Crippen LogP contribution in [0.3, 0.4) is 0 Å². The largest absolute Gasteiger partial charge is 0.366 e. The van der Waals surface area contributed by atoms with Crippen molar-refractivity contribution in [1.82, 2.24) is 9.97 Å². The Hall–Kier alpha value is -3.21. The van der Waals surface area contributed by atoms with Crippen molar-refractivity contribution in [3.05, 3.63) is 83.8 Å². The van der Waals surface area contributed by atoms with E-state index in [4.69, 9.17) is 0 Å². The third-order valence-electron chi connectivity index (χ3n) is 4.21. The van der Waals surface area contributed by atoms with Crippen LogP contribution in [0.5, 0.6) is 0 Å². The van der Waals surface area contributed by atoms with E-state index in [0.29, 0.717) is 17.9 Å². The minimum atomic E-state index is -0.169. The SMILES string of the molecule is CC(C)(C)c1ccccc1NC(=O)c1ccc(NCc2cccnc2)nc1. The molecule has 0 aliphatic heterocycles. The Morgan fingerprint density at radius 3 is 2.48 bits per heavy atom. The maximum atomic E-state index is 12.6. The number of nitrogens with one attached hydrogen (secondary N) is 2. The van der Waals surface area contributed by atoms with E-state index in [9.17, 15) is 4.79 Å². The number of para-hydroxylation sites is 1. The number of carbonyl (C=O) groups is 1. The molecule has 0 aliphatic rings. The van der Waals surface area contributed by atoms with Crippen molar-refractivity contribution in [2.24, 2.45) is 0 Å². The van der Waals surface area contributed by atoms with Gasteiger partial charge in [-0.3, -0.25) is 9.78 Å². The van der Waals surface area contributed by atoms with E-state index in [1.54, 1.807) is 24.5 Å². The molecule has 3 aromatic rings. The highest BCUT2D eigenvalue weighted by Crippen LogP contribution is 2.29. The van der Waals surface area contributed by atoms with Gasteiger partial charge in [-0.2, -0.15) is 0 Å². The minimum Gasteiger partial charge on any atom is -0.366 e. The van der Waals surface area contributed by atoms with Crippen molar-refractivity contribution < 1.29 is 4.79 Å². The number of rotatable bonds is 5.